The number of furan rings is 1. The Morgan fingerprint density at radius 3 is 2.14 bits per heavy atom. The van der Waals surface area contributed by atoms with Gasteiger partial charge < -0.3 is 18.8 Å². The van der Waals surface area contributed by atoms with Crippen LogP contribution < -0.4 is 9.47 Å². The fraction of sp³-hybridized carbons (Fsp3) is 0.348. The van der Waals surface area contributed by atoms with Crippen molar-refractivity contribution in [1.82, 2.24) is 4.90 Å². The largest absolute Gasteiger partial charge is 0.493 e. The second-order valence-corrected chi connectivity index (χ2v) is 6.43. The minimum Gasteiger partial charge on any atom is -0.493 e. The molecule has 2 aromatic carbocycles. The Bertz CT molecular complexity index is 806. The molecular weight excluding hydrogens is 354 g/mol. The van der Waals surface area contributed by atoms with Gasteiger partial charge in [0.05, 0.1) is 20.8 Å². The summed E-state index contributed by atoms with van der Waals surface area (Å²) in [7, 11) is 7.16. The van der Waals surface area contributed by atoms with Crippen LogP contribution in [0, 0.1) is 0 Å². The van der Waals surface area contributed by atoms with Crippen LogP contribution in [0.1, 0.15) is 36.4 Å². The van der Waals surface area contributed by atoms with Crippen LogP contribution >= 0.6 is 0 Å². The van der Waals surface area contributed by atoms with E-state index < -0.39 is 0 Å². The van der Waals surface area contributed by atoms with Gasteiger partial charge in [-0.2, -0.15) is 0 Å². The number of ether oxygens (including phenoxy) is 2. The maximum absolute atomic E-state index is 10.4. The molecule has 0 bridgehead atoms. The van der Waals surface area contributed by atoms with Crippen molar-refractivity contribution < 1.29 is 18.7 Å². The number of hydrogen-bond acceptors (Lipinski definition) is 5. The molecule has 0 spiro atoms. The fourth-order valence-electron chi connectivity index (χ4n) is 2.35. The number of benzene rings is 2. The third kappa shape index (κ3) is 7.45. The van der Waals surface area contributed by atoms with Crippen LogP contribution in [0.2, 0.25) is 0 Å². The molecular formula is C23H31NO4. The summed E-state index contributed by atoms with van der Waals surface area (Å²) in [5, 5.41) is 1.18. The van der Waals surface area contributed by atoms with Crippen LogP contribution in [0.15, 0.2) is 52.9 Å². The first-order valence-corrected chi connectivity index (χ1v) is 9.28. The lowest BCUT2D eigenvalue weighted by molar-refractivity contribution is 0.112. The van der Waals surface area contributed by atoms with Crippen molar-refractivity contribution in [2.24, 2.45) is 0 Å². The molecule has 28 heavy (non-hydrogen) atoms. The molecule has 0 N–H and O–H groups in total. The molecule has 0 saturated heterocycles. The van der Waals surface area contributed by atoms with Gasteiger partial charge in [-0.3, -0.25) is 4.79 Å². The normalized spacial score (nSPS) is 9.82. The van der Waals surface area contributed by atoms with Gasteiger partial charge >= 0.3 is 0 Å². The molecule has 0 aliphatic carbocycles. The van der Waals surface area contributed by atoms with Gasteiger partial charge in [0.1, 0.15) is 17.6 Å². The van der Waals surface area contributed by atoms with E-state index in [1.165, 1.54) is 18.9 Å². The molecule has 3 aromatic rings. The number of carbonyl (C=O) groups is 1. The molecule has 0 fully saturated rings. The molecule has 5 heteroatoms. The molecule has 0 radical (unpaired) electrons. The lowest BCUT2D eigenvalue weighted by Crippen LogP contribution is -2.09. The molecule has 3 rings (SSSR count). The highest BCUT2D eigenvalue weighted by Crippen LogP contribution is 2.26. The Hall–Kier alpha value is -2.79. The predicted molar refractivity (Wildman–Crippen MR) is 115 cm³/mol. The second kappa shape index (κ2) is 12.6. The molecule has 5 nitrogen and oxygen atoms in total. The fourth-order valence-corrected chi connectivity index (χ4v) is 2.35. The monoisotopic (exact) mass is 385 g/mol. The molecule has 0 unspecified atom stereocenters. The van der Waals surface area contributed by atoms with Crippen LogP contribution in [0.4, 0.5) is 0 Å². The Balaban J connectivity index is 0.000000247. The van der Waals surface area contributed by atoms with Crippen molar-refractivity contribution in [3.63, 3.8) is 0 Å². The first kappa shape index (κ1) is 23.2. The summed E-state index contributed by atoms with van der Waals surface area (Å²) >= 11 is 0. The second-order valence-electron chi connectivity index (χ2n) is 6.43. The van der Waals surface area contributed by atoms with Gasteiger partial charge in [0.2, 0.25) is 0 Å². The average Bonchev–Trinajstić information content (AvgIpc) is 3.10. The Kier molecular flexibility index (Phi) is 10.4. The van der Waals surface area contributed by atoms with E-state index in [1.807, 2.05) is 32.3 Å². The van der Waals surface area contributed by atoms with E-state index in [9.17, 15) is 4.79 Å². The number of fused-ring (bicyclic) bond motifs is 1. The van der Waals surface area contributed by atoms with Gasteiger partial charge in [-0.15, -0.1) is 0 Å². The van der Waals surface area contributed by atoms with E-state index >= 15 is 0 Å². The Morgan fingerprint density at radius 2 is 1.61 bits per heavy atom. The summed E-state index contributed by atoms with van der Waals surface area (Å²) < 4.78 is 15.6. The smallest absolute Gasteiger partial charge is 0.161 e. The first-order valence-electron chi connectivity index (χ1n) is 9.28. The Morgan fingerprint density at radius 1 is 0.964 bits per heavy atom. The Labute approximate surface area is 167 Å². The molecule has 0 amide bonds. The average molecular weight is 386 g/mol. The van der Waals surface area contributed by atoms with Crippen LogP contribution in [-0.2, 0) is 6.54 Å². The van der Waals surface area contributed by atoms with Crippen LogP contribution in [0.5, 0.6) is 11.5 Å². The van der Waals surface area contributed by atoms with Crippen molar-refractivity contribution in [1.29, 1.82) is 0 Å². The van der Waals surface area contributed by atoms with Gasteiger partial charge in [-0.1, -0.05) is 38.5 Å². The van der Waals surface area contributed by atoms with E-state index in [0.717, 1.165) is 24.2 Å². The molecule has 0 atom stereocenters. The van der Waals surface area contributed by atoms with Crippen molar-refractivity contribution in [3.8, 4) is 11.5 Å². The molecule has 0 aliphatic heterocycles. The van der Waals surface area contributed by atoms with Crippen LogP contribution in [0.3, 0.4) is 0 Å². The summed E-state index contributed by atoms with van der Waals surface area (Å²) in [4.78, 5) is 12.5. The van der Waals surface area contributed by atoms with Gasteiger partial charge in [-0.25, -0.2) is 0 Å². The highest BCUT2D eigenvalue weighted by molar-refractivity contribution is 5.77. The minimum atomic E-state index is 0.571. The van der Waals surface area contributed by atoms with Crippen molar-refractivity contribution in [2.45, 2.75) is 26.8 Å². The predicted octanol–water partition coefficient (Wildman–Crippen LogP) is 5.43. The number of rotatable bonds is 5. The molecule has 1 heterocycles. The molecule has 0 saturated carbocycles. The maximum atomic E-state index is 10.4. The minimum absolute atomic E-state index is 0.571. The zero-order valence-corrected chi connectivity index (χ0v) is 17.7. The summed E-state index contributed by atoms with van der Waals surface area (Å²) in [5.41, 5.74) is 1.55. The quantitative estimate of drug-likeness (QED) is 0.548. The third-order valence-corrected chi connectivity index (χ3v) is 3.49. The van der Waals surface area contributed by atoms with Crippen molar-refractivity contribution in [2.75, 3.05) is 28.3 Å². The lowest BCUT2D eigenvalue weighted by atomic mass is 10.2. The number of methoxy groups -OCH3 is 2. The summed E-state index contributed by atoms with van der Waals surface area (Å²) in [6.07, 6.45) is 2.02. The van der Waals surface area contributed by atoms with Gasteiger partial charge in [-0.05, 0) is 44.4 Å². The van der Waals surface area contributed by atoms with Crippen LogP contribution in [-0.4, -0.2) is 39.5 Å². The number of nitrogens with zero attached hydrogens (tertiary/aromatic N) is 1. The number of aldehydes is 1. The van der Waals surface area contributed by atoms with E-state index in [0.29, 0.717) is 17.1 Å². The summed E-state index contributed by atoms with van der Waals surface area (Å²) in [6.45, 7) is 5.11. The van der Waals surface area contributed by atoms with Crippen LogP contribution in [0.25, 0.3) is 11.0 Å². The molecule has 0 aliphatic rings. The third-order valence-electron chi connectivity index (χ3n) is 3.49. The molecule has 1 aromatic heterocycles. The molecule has 152 valence electrons. The van der Waals surface area contributed by atoms with Crippen molar-refractivity contribution in [3.05, 3.63) is 59.9 Å². The van der Waals surface area contributed by atoms with E-state index in [1.54, 1.807) is 25.3 Å². The SMILES string of the molecule is CCC.CN(C)Cc1cc2ccccc2o1.COc1ccc(C=O)cc1OC. The highest BCUT2D eigenvalue weighted by atomic mass is 16.5. The topological polar surface area (TPSA) is 51.9 Å². The maximum Gasteiger partial charge on any atom is 0.161 e. The van der Waals surface area contributed by atoms with Gasteiger partial charge in [0, 0.05) is 10.9 Å². The van der Waals surface area contributed by atoms with E-state index in [-0.39, 0.29) is 0 Å². The van der Waals surface area contributed by atoms with E-state index in [2.05, 4.69) is 30.9 Å². The first-order chi connectivity index (χ1) is 13.5. The number of carbonyl (C=O) groups excluding carboxylic acids is 1. The van der Waals surface area contributed by atoms with E-state index in [4.69, 9.17) is 13.9 Å². The zero-order chi connectivity index (χ0) is 20.9. The zero-order valence-electron chi connectivity index (χ0n) is 17.7. The highest BCUT2D eigenvalue weighted by Gasteiger charge is 2.03. The summed E-state index contributed by atoms with van der Waals surface area (Å²) in [5.74, 6) is 2.22. The van der Waals surface area contributed by atoms with Gasteiger partial charge in [0.25, 0.3) is 0 Å². The number of hydrogen-bond donors (Lipinski definition) is 0. The van der Waals surface area contributed by atoms with Gasteiger partial charge in [0.15, 0.2) is 11.5 Å². The summed E-state index contributed by atoms with van der Waals surface area (Å²) in [6, 6.07) is 15.2. The van der Waals surface area contributed by atoms with Crippen molar-refractivity contribution >= 4 is 17.3 Å². The lowest BCUT2D eigenvalue weighted by Gasteiger charge is -2.06. The number of para-hydroxylation sites is 1. The standard InChI is InChI=1S/C11H13NO.C9H10O3.C3H8/c1-12(2)8-10-7-9-5-3-4-6-11(9)13-10;1-11-8-4-3-7(6-10)5-9(8)12-2;1-3-2/h3-7H,8H2,1-2H3;3-6H,1-2H3;3H2,1-2H3.